The Bertz CT molecular complexity index is 1230. The third kappa shape index (κ3) is 3.00. The van der Waals surface area contributed by atoms with E-state index in [2.05, 4.69) is 9.89 Å². The summed E-state index contributed by atoms with van der Waals surface area (Å²) >= 11 is 0. The SMILES string of the molecule is CN(C)CCC1=c2c(O)cccc2=NC1=c1ccc2c(c1O)C(CCN)=CN=2. The summed E-state index contributed by atoms with van der Waals surface area (Å²) in [5, 5.41) is 24.4. The second-order valence-corrected chi connectivity index (χ2v) is 7.34. The molecule has 144 valence electrons. The van der Waals surface area contributed by atoms with Gasteiger partial charge >= 0.3 is 0 Å². The second-order valence-electron chi connectivity index (χ2n) is 7.34. The van der Waals surface area contributed by atoms with Crippen LogP contribution in [0.1, 0.15) is 18.4 Å². The number of rotatable bonds is 5. The van der Waals surface area contributed by atoms with E-state index in [0.717, 1.165) is 39.2 Å². The Morgan fingerprint density at radius 1 is 1.04 bits per heavy atom. The number of nitrogens with two attached hydrogens (primary N) is 1. The minimum atomic E-state index is 0.173. The van der Waals surface area contributed by atoms with Crippen molar-refractivity contribution in [3.05, 3.63) is 63.2 Å². The minimum absolute atomic E-state index is 0.173. The Morgan fingerprint density at radius 2 is 1.86 bits per heavy atom. The molecule has 0 aromatic heterocycles. The molecular formula is C22H24N4O2. The van der Waals surface area contributed by atoms with Crippen molar-refractivity contribution in [2.24, 2.45) is 15.7 Å². The third-order valence-corrected chi connectivity index (χ3v) is 5.15. The van der Waals surface area contributed by atoms with E-state index in [1.54, 1.807) is 18.3 Å². The van der Waals surface area contributed by atoms with Crippen LogP contribution in [0.4, 0.5) is 0 Å². The summed E-state index contributed by atoms with van der Waals surface area (Å²) in [5.41, 5.74) is 9.03. The summed E-state index contributed by atoms with van der Waals surface area (Å²) in [6, 6.07) is 9.11. The van der Waals surface area contributed by atoms with E-state index in [1.165, 1.54) is 0 Å². The topological polar surface area (TPSA) is 94.4 Å². The molecule has 0 aliphatic carbocycles. The van der Waals surface area contributed by atoms with E-state index in [9.17, 15) is 10.2 Å². The molecule has 0 bridgehead atoms. The molecule has 0 saturated carbocycles. The minimum Gasteiger partial charge on any atom is -0.507 e. The lowest BCUT2D eigenvalue weighted by molar-refractivity contribution is 0.419. The maximum Gasteiger partial charge on any atom is 0.134 e. The Hall–Kier alpha value is -2.96. The summed E-state index contributed by atoms with van der Waals surface area (Å²) in [6.07, 6.45) is 3.13. The molecule has 0 amide bonds. The summed E-state index contributed by atoms with van der Waals surface area (Å²) in [5.74, 6) is 0.385. The van der Waals surface area contributed by atoms with Gasteiger partial charge in [0.15, 0.2) is 0 Å². The van der Waals surface area contributed by atoms with Crippen molar-refractivity contribution in [3.8, 4) is 11.5 Å². The quantitative estimate of drug-likeness (QED) is 0.683. The molecule has 2 heterocycles. The van der Waals surface area contributed by atoms with Crippen molar-refractivity contribution >= 4 is 16.8 Å². The van der Waals surface area contributed by atoms with Gasteiger partial charge in [0.25, 0.3) is 0 Å². The van der Waals surface area contributed by atoms with E-state index in [0.29, 0.717) is 30.3 Å². The first-order valence-corrected chi connectivity index (χ1v) is 9.40. The molecule has 0 saturated heterocycles. The highest BCUT2D eigenvalue weighted by Crippen LogP contribution is 2.27. The summed E-state index contributed by atoms with van der Waals surface area (Å²) in [7, 11) is 4.02. The Morgan fingerprint density at radius 3 is 2.61 bits per heavy atom. The van der Waals surface area contributed by atoms with Gasteiger partial charge in [-0.05, 0) is 68.9 Å². The highest BCUT2D eigenvalue weighted by molar-refractivity contribution is 5.91. The van der Waals surface area contributed by atoms with Crippen LogP contribution >= 0.6 is 0 Å². The number of phenolic OH excluding ortho intramolecular Hbond substituents is 2. The van der Waals surface area contributed by atoms with E-state index >= 15 is 0 Å². The van der Waals surface area contributed by atoms with Gasteiger partial charge in [0.1, 0.15) is 11.5 Å². The molecule has 28 heavy (non-hydrogen) atoms. The van der Waals surface area contributed by atoms with Gasteiger partial charge < -0.3 is 20.8 Å². The standard InChI is InChI=1S/C22H24N4O2/c1-26(2)11-9-14-20-17(4-3-5-18(20)27)25-21(14)15-6-7-16-19(22(15)28)13(8-10-23)12-24-16/h3-7,12,27-28H,8-11,23H2,1-2H3. The molecule has 0 atom stereocenters. The predicted molar refractivity (Wildman–Crippen MR) is 109 cm³/mol. The van der Waals surface area contributed by atoms with Crippen LogP contribution < -0.4 is 26.9 Å². The molecule has 6 nitrogen and oxygen atoms in total. The molecule has 2 aliphatic rings. The van der Waals surface area contributed by atoms with Gasteiger partial charge in [-0.3, -0.25) is 4.99 Å². The van der Waals surface area contributed by atoms with Gasteiger partial charge in [-0.25, -0.2) is 4.99 Å². The number of phenols is 2. The average molecular weight is 376 g/mol. The molecule has 0 spiro atoms. The molecule has 4 N–H and O–H groups in total. The van der Waals surface area contributed by atoms with Crippen LogP contribution in [0.15, 0.2) is 46.5 Å². The van der Waals surface area contributed by atoms with Crippen LogP contribution in [0, 0.1) is 0 Å². The average Bonchev–Trinajstić information content (AvgIpc) is 3.23. The first-order valence-electron chi connectivity index (χ1n) is 9.40. The van der Waals surface area contributed by atoms with Crippen molar-refractivity contribution in [1.29, 1.82) is 0 Å². The molecule has 0 fully saturated rings. The van der Waals surface area contributed by atoms with Gasteiger partial charge in [-0.15, -0.1) is 0 Å². The summed E-state index contributed by atoms with van der Waals surface area (Å²) in [4.78, 5) is 11.2. The fourth-order valence-electron chi connectivity index (χ4n) is 3.79. The van der Waals surface area contributed by atoms with Crippen LogP contribution in [0.5, 0.6) is 11.5 Å². The number of hydrogen-bond donors (Lipinski definition) is 3. The second kappa shape index (κ2) is 7.22. The summed E-state index contributed by atoms with van der Waals surface area (Å²) in [6.45, 7) is 1.30. The lowest BCUT2D eigenvalue weighted by atomic mass is 9.99. The molecular weight excluding hydrogens is 352 g/mol. The lowest BCUT2D eigenvalue weighted by Gasteiger charge is -2.12. The van der Waals surface area contributed by atoms with Crippen LogP contribution in [0.2, 0.25) is 0 Å². The smallest absolute Gasteiger partial charge is 0.134 e. The largest absolute Gasteiger partial charge is 0.507 e. The first-order chi connectivity index (χ1) is 13.5. The van der Waals surface area contributed by atoms with E-state index in [1.807, 2.05) is 32.3 Å². The monoisotopic (exact) mass is 376 g/mol. The van der Waals surface area contributed by atoms with Crippen molar-refractivity contribution < 1.29 is 10.2 Å². The Kier molecular flexibility index (Phi) is 4.75. The van der Waals surface area contributed by atoms with Crippen molar-refractivity contribution in [1.82, 2.24) is 4.90 Å². The molecule has 0 radical (unpaired) electrons. The number of fused-ring (bicyclic) bond motifs is 2. The van der Waals surface area contributed by atoms with Crippen LogP contribution in [-0.2, 0) is 0 Å². The van der Waals surface area contributed by atoms with Gasteiger partial charge in [0, 0.05) is 28.7 Å². The van der Waals surface area contributed by atoms with Crippen molar-refractivity contribution in [2.75, 3.05) is 27.2 Å². The van der Waals surface area contributed by atoms with Gasteiger partial charge in [-0.2, -0.15) is 0 Å². The Balaban J connectivity index is 2.00. The summed E-state index contributed by atoms with van der Waals surface area (Å²) < 4.78 is 0. The predicted octanol–water partition coefficient (Wildman–Crippen LogP) is -0.0353. The number of hydrogen-bond acceptors (Lipinski definition) is 6. The molecule has 6 heteroatoms. The van der Waals surface area contributed by atoms with Crippen molar-refractivity contribution in [2.45, 2.75) is 12.8 Å². The first kappa shape index (κ1) is 18.4. The van der Waals surface area contributed by atoms with Gasteiger partial charge in [0.2, 0.25) is 0 Å². The molecule has 4 rings (SSSR count). The van der Waals surface area contributed by atoms with Crippen LogP contribution in [-0.4, -0.2) is 42.3 Å². The normalized spacial score (nSPS) is 16.6. The molecule has 2 aromatic carbocycles. The molecule has 2 aliphatic heterocycles. The number of nitrogens with zero attached hydrogens (tertiary/aromatic N) is 3. The van der Waals surface area contributed by atoms with E-state index < -0.39 is 0 Å². The highest BCUT2D eigenvalue weighted by Gasteiger charge is 2.21. The van der Waals surface area contributed by atoms with Crippen LogP contribution in [0.25, 0.3) is 16.8 Å². The maximum atomic E-state index is 11.1. The van der Waals surface area contributed by atoms with Gasteiger partial charge in [-0.1, -0.05) is 6.07 Å². The zero-order valence-corrected chi connectivity index (χ0v) is 16.1. The van der Waals surface area contributed by atoms with E-state index in [-0.39, 0.29) is 11.5 Å². The molecule has 2 aromatic rings. The molecule has 0 unspecified atom stereocenters. The zero-order chi connectivity index (χ0) is 19.8. The van der Waals surface area contributed by atoms with E-state index in [4.69, 9.17) is 10.7 Å². The highest BCUT2D eigenvalue weighted by atomic mass is 16.3. The Labute approximate surface area is 163 Å². The lowest BCUT2D eigenvalue weighted by Crippen LogP contribution is -2.24. The maximum absolute atomic E-state index is 11.1. The zero-order valence-electron chi connectivity index (χ0n) is 16.1. The van der Waals surface area contributed by atoms with Gasteiger partial charge in [0.05, 0.1) is 16.4 Å². The number of aromatic hydroxyl groups is 2. The third-order valence-electron chi connectivity index (χ3n) is 5.15. The number of benzene rings is 2. The van der Waals surface area contributed by atoms with Crippen LogP contribution in [0.3, 0.4) is 0 Å². The fraction of sp³-hybridized carbons (Fsp3) is 0.273. The van der Waals surface area contributed by atoms with Crippen molar-refractivity contribution in [3.63, 3.8) is 0 Å². The fourth-order valence-corrected chi connectivity index (χ4v) is 3.79.